The standard InChI is InChI=1S/C60H48N2/c1-4-12-43(13-5-1)49-32-37-55(38-33-49)61(53-14-6-2-7-15-53)56-39-34-50(35-40-56)48-26-24-45(25-27-48)44-20-22-46(23-21-44)47-28-30-51(31-29-47)52-36-41-60-58(42-52)57-18-10-11-19-59(57)62(60)54-16-8-3-9-17-54/h1-2,4-7,10-15,18-42,54H,3,8-9,16-17H2. The van der Waals surface area contributed by atoms with Gasteiger partial charge in [-0.3, -0.25) is 0 Å². The fraction of sp³-hybridized carbons (Fsp3) is 0.100. The molecule has 0 amide bonds. The third-order valence-electron chi connectivity index (χ3n) is 13.0. The number of fused-ring (bicyclic) bond motifs is 3. The fourth-order valence-corrected chi connectivity index (χ4v) is 9.74. The van der Waals surface area contributed by atoms with Crippen LogP contribution in [-0.4, -0.2) is 4.57 Å². The summed E-state index contributed by atoms with van der Waals surface area (Å²) in [5.41, 5.74) is 18.3. The Morgan fingerprint density at radius 2 is 0.645 bits per heavy atom. The summed E-state index contributed by atoms with van der Waals surface area (Å²) in [5.74, 6) is 0. The summed E-state index contributed by atoms with van der Waals surface area (Å²) < 4.78 is 2.64. The highest BCUT2D eigenvalue weighted by Gasteiger charge is 2.21. The molecule has 1 heterocycles. The van der Waals surface area contributed by atoms with Gasteiger partial charge < -0.3 is 9.47 Å². The molecule has 0 N–H and O–H groups in total. The van der Waals surface area contributed by atoms with Crippen LogP contribution in [0.5, 0.6) is 0 Å². The molecule has 0 unspecified atom stereocenters. The third-order valence-corrected chi connectivity index (χ3v) is 13.0. The monoisotopic (exact) mass is 796 g/mol. The highest BCUT2D eigenvalue weighted by molar-refractivity contribution is 6.09. The first-order valence-corrected chi connectivity index (χ1v) is 22.2. The van der Waals surface area contributed by atoms with Crippen molar-refractivity contribution in [1.82, 2.24) is 4.57 Å². The lowest BCUT2D eigenvalue weighted by molar-refractivity contribution is 0.367. The number of benzene rings is 9. The van der Waals surface area contributed by atoms with E-state index in [1.807, 2.05) is 0 Å². The van der Waals surface area contributed by atoms with Crippen molar-refractivity contribution in [2.24, 2.45) is 0 Å². The van der Waals surface area contributed by atoms with Crippen LogP contribution in [0.25, 0.3) is 77.4 Å². The molecule has 1 saturated carbocycles. The number of hydrogen-bond donors (Lipinski definition) is 0. The largest absolute Gasteiger partial charge is 0.337 e. The van der Waals surface area contributed by atoms with E-state index in [2.05, 4.69) is 234 Å². The molecule has 2 nitrogen and oxygen atoms in total. The number of hydrogen-bond acceptors (Lipinski definition) is 1. The molecule has 0 radical (unpaired) electrons. The van der Waals surface area contributed by atoms with Gasteiger partial charge in [0.15, 0.2) is 0 Å². The molecule has 1 aliphatic rings. The van der Waals surface area contributed by atoms with Crippen LogP contribution in [0.1, 0.15) is 38.1 Å². The molecule has 10 aromatic rings. The first-order valence-electron chi connectivity index (χ1n) is 22.2. The van der Waals surface area contributed by atoms with Gasteiger partial charge >= 0.3 is 0 Å². The lowest BCUT2D eigenvalue weighted by Crippen LogP contribution is -2.12. The maximum atomic E-state index is 2.64. The van der Waals surface area contributed by atoms with Gasteiger partial charge in [-0.25, -0.2) is 0 Å². The molecule has 0 atom stereocenters. The molecule has 0 bridgehead atoms. The number of aromatic nitrogens is 1. The van der Waals surface area contributed by atoms with E-state index in [0.717, 1.165) is 17.1 Å². The maximum Gasteiger partial charge on any atom is 0.0494 e. The minimum atomic E-state index is 0.597. The Morgan fingerprint density at radius 3 is 1.15 bits per heavy atom. The Balaban J connectivity index is 0.792. The molecule has 11 rings (SSSR count). The second kappa shape index (κ2) is 16.6. The van der Waals surface area contributed by atoms with Gasteiger partial charge in [-0.1, -0.05) is 189 Å². The second-order valence-electron chi connectivity index (χ2n) is 16.8. The third kappa shape index (κ3) is 7.28. The van der Waals surface area contributed by atoms with Crippen molar-refractivity contribution >= 4 is 38.9 Å². The summed E-state index contributed by atoms with van der Waals surface area (Å²) in [5, 5.41) is 2.73. The van der Waals surface area contributed by atoms with Crippen molar-refractivity contribution in [3.63, 3.8) is 0 Å². The van der Waals surface area contributed by atoms with Gasteiger partial charge in [0.1, 0.15) is 0 Å². The SMILES string of the molecule is c1ccc(-c2ccc(N(c3ccccc3)c3ccc(-c4ccc(-c5ccc(-c6ccc(-c7ccc8c(c7)c7ccccc7n8C7CCCCC7)cc6)cc5)cc4)cc3)cc2)cc1. The number of anilines is 3. The molecule has 0 spiro atoms. The number of para-hydroxylation sites is 2. The smallest absolute Gasteiger partial charge is 0.0494 e. The zero-order valence-corrected chi connectivity index (χ0v) is 34.9. The first-order chi connectivity index (χ1) is 30.7. The fourth-order valence-electron chi connectivity index (χ4n) is 9.74. The average molecular weight is 797 g/mol. The van der Waals surface area contributed by atoms with E-state index in [-0.39, 0.29) is 0 Å². The molecule has 2 heteroatoms. The molecular weight excluding hydrogens is 749 g/mol. The molecule has 1 aromatic heterocycles. The van der Waals surface area contributed by atoms with E-state index >= 15 is 0 Å². The quantitative estimate of drug-likeness (QED) is 0.141. The van der Waals surface area contributed by atoms with Crippen molar-refractivity contribution in [2.75, 3.05) is 4.90 Å². The Bertz CT molecular complexity index is 3080. The molecular formula is C60H48N2. The van der Waals surface area contributed by atoms with Crippen LogP contribution in [0.15, 0.2) is 224 Å². The first kappa shape index (κ1) is 37.6. The molecule has 1 aliphatic carbocycles. The Kier molecular flexibility index (Phi) is 10.0. The summed E-state index contributed by atoms with van der Waals surface area (Å²) in [6.45, 7) is 0. The zero-order valence-electron chi connectivity index (χ0n) is 34.9. The van der Waals surface area contributed by atoms with Gasteiger partial charge in [-0.15, -0.1) is 0 Å². The molecule has 0 saturated heterocycles. The van der Waals surface area contributed by atoms with Crippen LogP contribution in [0, 0.1) is 0 Å². The summed E-state index contributed by atoms with van der Waals surface area (Å²) in [6.07, 6.45) is 6.59. The minimum absolute atomic E-state index is 0.597. The van der Waals surface area contributed by atoms with Crippen molar-refractivity contribution in [1.29, 1.82) is 0 Å². The predicted octanol–water partition coefficient (Wildman–Crippen LogP) is 17.1. The van der Waals surface area contributed by atoms with E-state index < -0.39 is 0 Å². The van der Waals surface area contributed by atoms with Crippen LogP contribution in [0.3, 0.4) is 0 Å². The lowest BCUT2D eigenvalue weighted by atomic mass is 9.95. The van der Waals surface area contributed by atoms with Gasteiger partial charge in [-0.2, -0.15) is 0 Å². The topological polar surface area (TPSA) is 8.17 Å². The normalized spacial score (nSPS) is 13.1. The lowest BCUT2D eigenvalue weighted by Gasteiger charge is -2.26. The Morgan fingerprint density at radius 1 is 0.290 bits per heavy atom. The van der Waals surface area contributed by atoms with Crippen LogP contribution in [0.4, 0.5) is 17.1 Å². The van der Waals surface area contributed by atoms with Crippen LogP contribution in [-0.2, 0) is 0 Å². The second-order valence-corrected chi connectivity index (χ2v) is 16.8. The van der Waals surface area contributed by atoms with E-state index in [1.165, 1.54) is 110 Å². The van der Waals surface area contributed by atoms with Crippen molar-refractivity contribution in [3.05, 3.63) is 224 Å². The van der Waals surface area contributed by atoms with Crippen LogP contribution in [0.2, 0.25) is 0 Å². The van der Waals surface area contributed by atoms with E-state index in [0.29, 0.717) is 6.04 Å². The van der Waals surface area contributed by atoms with Gasteiger partial charge in [0.05, 0.1) is 0 Å². The van der Waals surface area contributed by atoms with Crippen molar-refractivity contribution in [2.45, 2.75) is 38.1 Å². The molecule has 62 heavy (non-hydrogen) atoms. The Labute approximate surface area is 365 Å². The van der Waals surface area contributed by atoms with E-state index in [9.17, 15) is 0 Å². The predicted molar refractivity (Wildman–Crippen MR) is 263 cm³/mol. The highest BCUT2D eigenvalue weighted by atomic mass is 15.1. The molecule has 1 fully saturated rings. The van der Waals surface area contributed by atoms with Gasteiger partial charge in [0.2, 0.25) is 0 Å². The van der Waals surface area contributed by atoms with E-state index in [4.69, 9.17) is 0 Å². The van der Waals surface area contributed by atoms with Gasteiger partial charge in [0.25, 0.3) is 0 Å². The van der Waals surface area contributed by atoms with Crippen LogP contribution < -0.4 is 4.90 Å². The Hall–Kier alpha value is -7.42. The van der Waals surface area contributed by atoms with E-state index in [1.54, 1.807) is 0 Å². The van der Waals surface area contributed by atoms with Gasteiger partial charge in [0, 0.05) is 44.9 Å². The summed E-state index contributed by atoms with van der Waals surface area (Å²) in [6, 6.07) is 82.6. The number of rotatable bonds is 9. The highest BCUT2D eigenvalue weighted by Crippen LogP contribution is 2.40. The van der Waals surface area contributed by atoms with Crippen molar-refractivity contribution in [3.8, 4) is 55.6 Å². The number of nitrogens with zero attached hydrogens (tertiary/aromatic N) is 2. The zero-order chi connectivity index (χ0) is 41.2. The summed E-state index contributed by atoms with van der Waals surface area (Å²) in [4.78, 5) is 2.32. The van der Waals surface area contributed by atoms with Gasteiger partial charge in [-0.05, 0) is 123 Å². The van der Waals surface area contributed by atoms with Crippen molar-refractivity contribution < 1.29 is 0 Å². The molecule has 9 aromatic carbocycles. The minimum Gasteiger partial charge on any atom is -0.337 e. The molecule has 298 valence electrons. The average Bonchev–Trinajstić information content (AvgIpc) is 3.69. The molecule has 0 aliphatic heterocycles. The van der Waals surface area contributed by atoms with Crippen LogP contribution >= 0.6 is 0 Å². The summed E-state index contributed by atoms with van der Waals surface area (Å²) >= 11 is 0. The summed E-state index contributed by atoms with van der Waals surface area (Å²) in [7, 11) is 0. The maximum absolute atomic E-state index is 2.64.